The molecule has 0 aliphatic carbocycles. The van der Waals surface area contributed by atoms with Crippen molar-refractivity contribution in [1.29, 1.82) is 0 Å². The van der Waals surface area contributed by atoms with Crippen molar-refractivity contribution >= 4 is 38.9 Å². The van der Waals surface area contributed by atoms with Crippen LogP contribution < -0.4 is 9.62 Å². The van der Waals surface area contributed by atoms with E-state index in [0.717, 1.165) is 28.8 Å². The van der Waals surface area contributed by atoms with Crippen molar-refractivity contribution in [3.63, 3.8) is 0 Å². The lowest BCUT2D eigenvalue weighted by atomic mass is 10.2. The van der Waals surface area contributed by atoms with Gasteiger partial charge in [0.1, 0.15) is 5.82 Å². The Hall–Kier alpha value is -2.33. The number of anilines is 2. The van der Waals surface area contributed by atoms with Crippen molar-refractivity contribution in [3.05, 3.63) is 58.9 Å². The molecule has 2 rings (SSSR count). The number of carbonyl (C=O) groups excluding carboxylic acids is 1. The molecule has 11 heteroatoms. The number of nitrogens with one attached hydrogen (secondary N) is 1. The molecule has 158 valence electrons. The topological polar surface area (TPSA) is 66.5 Å². The summed E-state index contributed by atoms with van der Waals surface area (Å²) in [6.45, 7) is -0.191. The minimum absolute atomic E-state index is 0.00379. The van der Waals surface area contributed by atoms with Crippen LogP contribution in [0.15, 0.2) is 42.5 Å². The van der Waals surface area contributed by atoms with Crippen LogP contribution in [0.3, 0.4) is 0 Å². The van der Waals surface area contributed by atoms with E-state index in [1.54, 1.807) is 0 Å². The van der Waals surface area contributed by atoms with E-state index in [0.29, 0.717) is 6.07 Å². The van der Waals surface area contributed by atoms with E-state index in [2.05, 4.69) is 5.32 Å². The number of amides is 1. The average molecular weight is 453 g/mol. The van der Waals surface area contributed by atoms with Crippen LogP contribution in [0.5, 0.6) is 0 Å². The first kappa shape index (κ1) is 23.0. The molecule has 0 fully saturated rings. The Labute approximate surface area is 170 Å². The van der Waals surface area contributed by atoms with Gasteiger partial charge in [-0.3, -0.25) is 9.10 Å². The fourth-order valence-electron chi connectivity index (χ4n) is 2.51. The molecule has 29 heavy (non-hydrogen) atoms. The third-order valence-corrected chi connectivity index (χ3v) is 5.36. The first-order chi connectivity index (χ1) is 13.4. The number of alkyl halides is 3. The third-order valence-electron chi connectivity index (χ3n) is 3.85. The highest BCUT2D eigenvalue weighted by Crippen LogP contribution is 2.34. The van der Waals surface area contributed by atoms with E-state index >= 15 is 0 Å². The van der Waals surface area contributed by atoms with E-state index < -0.39 is 33.5 Å². The molecule has 2 aromatic rings. The van der Waals surface area contributed by atoms with Crippen LogP contribution in [-0.4, -0.2) is 27.1 Å². The summed E-state index contributed by atoms with van der Waals surface area (Å²) in [5.41, 5.74) is -1.34. The summed E-state index contributed by atoms with van der Waals surface area (Å²) in [6.07, 6.45) is -3.90. The molecule has 0 bridgehead atoms. The predicted molar refractivity (Wildman–Crippen MR) is 103 cm³/mol. The Morgan fingerprint density at radius 2 is 1.83 bits per heavy atom. The fraction of sp³-hybridized carbons (Fsp3) is 0.278. The Morgan fingerprint density at radius 1 is 1.17 bits per heavy atom. The quantitative estimate of drug-likeness (QED) is 0.620. The number of sulfonamides is 1. The van der Waals surface area contributed by atoms with Crippen LogP contribution >= 0.6 is 11.6 Å². The van der Waals surface area contributed by atoms with Gasteiger partial charge in [-0.2, -0.15) is 13.2 Å². The molecule has 0 heterocycles. The molecule has 0 saturated carbocycles. The predicted octanol–water partition coefficient (Wildman–Crippen LogP) is 4.68. The van der Waals surface area contributed by atoms with Crippen LogP contribution in [0.1, 0.15) is 18.4 Å². The lowest BCUT2D eigenvalue weighted by molar-refractivity contribution is -0.137. The number of nitrogens with zero attached hydrogens (tertiary/aromatic N) is 1. The smallest absolute Gasteiger partial charge is 0.325 e. The summed E-state index contributed by atoms with van der Waals surface area (Å²) >= 11 is 5.82. The van der Waals surface area contributed by atoms with Crippen LogP contribution in [0, 0.1) is 5.82 Å². The summed E-state index contributed by atoms with van der Waals surface area (Å²) in [4.78, 5) is 12.1. The first-order valence-electron chi connectivity index (χ1n) is 8.28. The second kappa shape index (κ2) is 9.00. The van der Waals surface area contributed by atoms with Crippen LogP contribution in [0.2, 0.25) is 5.02 Å². The van der Waals surface area contributed by atoms with Gasteiger partial charge in [-0.05, 0) is 36.8 Å². The molecule has 0 spiro atoms. The maximum absolute atomic E-state index is 13.9. The highest BCUT2D eigenvalue weighted by molar-refractivity contribution is 7.92. The second-order valence-electron chi connectivity index (χ2n) is 6.13. The van der Waals surface area contributed by atoms with Gasteiger partial charge in [0.2, 0.25) is 15.9 Å². The zero-order chi connectivity index (χ0) is 21.8. The highest BCUT2D eigenvalue weighted by Gasteiger charge is 2.31. The number of hydrogen-bond donors (Lipinski definition) is 1. The van der Waals surface area contributed by atoms with Gasteiger partial charge in [-0.15, -0.1) is 0 Å². The average Bonchev–Trinajstić information content (AvgIpc) is 2.59. The Kier molecular flexibility index (Phi) is 7.12. The van der Waals surface area contributed by atoms with Crippen molar-refractivity contribution in [3.8, 4) is 0 Å². The molecular formula is C18H17ClF4N2O3S. The minimum Gasteiger partial charge on any atom is -0.325 e. The van der Waals surface area contributed by atoms with Gasteiger partial charge >= 0.3 is 6.18 Å². The monoisotopic (exact) mass is 452 g/mol. The molecule has 0 saturated heterocycles. The zero-order valence-corrected chi connectivity index (χ0v) is 16.7. The normalized spacial score (nSPS) is 11.9. The zero-order valence-electron chi connectivity index (χ0n) is 15.1. The van der Waals surface area contributed by atoms with Gasteiger partial charge in [0, 0.05) is 13.0 Å². The van der Waals surface area contributed by atoms with Gasteiger partial charge in [0.25, 0.3) is 0 Å². The molecule has 5 nitrogen and oxygen atoms in total. The van der Waals surface area contributed by atoms with Gasteiger partial charge in [0.15, 0.2) is 0 Å². The van der Waals surface area contributed by atoms with E-state index in [1.165, 1.54) is 18.2 Å². The van der Waals surface area contributed by atoms with Crippen LogP contribution in [0.25, 0.3) is 0 Å². The molecule has 1 N–H and O–H groups in total. The Balaban J connectivity index is 2.04. The molecule has 0 unspecified atom stereocenters. The van der Waals surface area contributed by atoms with Gasteiger partial charge in [-0.1, -0.05) is 23.7 Å². The number of rotatable bonds is 7. The van der Waals surface area contributed by atoms with E-state index in [9.17, 15) is 30.8 Å². The molecule has 0 aliphatic heterocycles. The number of para-hydroxylation sites is 1. The molecular weight excluding hydrogens is 436 g/mol. The van der Waals surface area contributed by atoms with Crippen molar-refractivity contribution in [2.24, 2.45) is 0 Å². The van der Waals surface area contributed by atoms with Crippen LogP contribution in [0.4, 0.5) is 28.9 Å². The van der Waals surface area contributed by atoms with E-state index in [4.69, 9.17) is 11.6 Å². The first-order valence-corrected chi connectivity index (χ1v) is 10.5. The Morgan fingerprint density at radius 3 is 2.41 bits per heavy atom. The minimum atomic E-state index is -4.60. The van der Waals surface area contributed by atoms with Crippen molar-refractivity contribution in [2.75, 3.05) is 22.4 Å². The largest absolute Gasteiger partial charge is 0.416 e. The summed E-state index contributed by atoms with van der Waals surface area (Å²) < 4.78 is 77.0. The maximum Gasteiger partial charge on any atom is 0.416 e. The molecule has 1 amide bonds. The summed E-state index contributed by atoms with van der Waals surface area (Å²) in [5, 5.41) is 2.20. The van der Waals surface area contributed by atoms with Crippen LogP contribution in [-0.2, 0) is 21.0 Å². The van der Waals surface area contributed by atoms with E-state index in [-0.39, 0.29) is 35.8 Å². The van der Waals surface area contributed by atoms with Gasteiger partial charge in [0.05, 0.1) is 28.2 Å². The van der Waals surface area contributed by atoms with Gasteiger partial charge in [-0.25, -0.2) is 12.8 Å². The van der Waals surface area contributed by atoms with Crippen molar-refractivity contribution in [1.82, 2.24) is 0 Å². The fourth-order valence-corrected chi connectivity index (χ4v) is 3.64. The van der Waals surface area contributed by atoms with Gasteiger partial charge < -0.3 is 5.32 Å². The summed E-state index contributed by atoms with van der Waals surface area (Å²) in [7, 11) is -3.81. The lowest BCUT2D eigenvalue weighted by Gasteiger charge is -2.22. The molecule has 2 aromatic carbocycles. The number of carbonyl (C=O) groups is 1. The molecule has 0 aromatic heterocycles. The Bertz CT molecular complexity index is 997. The molecule has 0 aliphatic rings. The number of hydrogen-bond acceptors (Lipinski definition) is 3. The summed E-state index contributed by atoms with van der Waals surface area (Å²) in [6, 6.07) is 7.79. The highest BCUT2D eigenvalue weighted by atomic mass is 35.5. The maximum atomic E-state index is 13.9. The second-order valence-corrected chi connectivity index (χ2v) is 8.44. The third kappa shape index (κ3) is 6.33. The number of halogens is 5. The standard InChI is InChI=1S/C18H17ClF4N2O3S/c1-29(27,28)25(16-6-3-2-5-14(16)20)10-4-7-17(26)24-15-11-12(18(21,22)23)8-9-13(15)19/h2-3,5-6,8-9,11H,4,7,10H2,1H3,(H,24,26). The molecule has 0 radical (unpaired) electrons. The van der Waals surface area contributed by atoms with Crippen molar-refractivity contribution < 1.29 is 30.8 Å². The number of benzene rings is 2. The lowest BCUT2D eigenvalue weighted by Crippen LogP contribution is -2.32. The summed E-state index contributed by atoms with van der Waals surface area (Å²) in [5.74, 6) is -1.40. The van der Waals surface area contributed by atoms with E-state index in [1.807, 2.05) is 0 Å². The van der Waals surface area contributed by atoms with Crippen molar-refractivity contribution in [2.45, 2.75) is 19.0 Å². The SMILES string of the molecule is CS(=O)(=O)N(CCCC(=O)Nc1cc(C(F)(F)F)ccc1Cl)c1ccccc1F. The molecule has 0 atom stereocenters.